The second-order valence-corrected chi connectivity index (χ2v) is 5.81. The molecule has 1 amide bonds. The summed E-state index contributed by atoms with van der Waals surface area (Å²) in [6, 6.07) is 11.4. The molecule has 0 aliphatic rings. The van der Waals surface area contributed by atoms with Crippen molar-refractivity contribution in [3.05, 3.63) is 65.2 Å². The second-order valence-electron chi connectivity index (χ2n) is 5.81. The largest absolute Gasteiger partial charge is 0.494 e. The average molecular weight is 400 g/mol. The first-order chi connectivity index (χ1) is 13.8. The first-order valence-electron chi connectivity index (χ1n) is 8.66. The minimum Gasteiger partial charge on any atom is -0.494 e. The van der Waals surface area contributed by atoms with E-state index in [1.54, 1.807) is 30.3 Å². The van der Waals surface area contributed by atoms with Crippen molar-refractivity contribution in [1.29, 1.82) is 5.26 Å². The Morgan fingerprint density at radius 2 is 1.79 bits per heavy atom. The number of hydrogen-bond acceptors (Lipinski definition) is 5. The molecule has 6 nitrogen and oxygen atoms in total. The molecule has 0 aromatic heterocycles. The van der Waals surface area contributed by atoms with E-state index in [-0.39, 0.29) is 5.57 Å². The average Bonchev–Trinajstić information content (AvgIpc) is 2.70. The Hall–Kier alpha value is -3.73. The van der Waals surface area contributed by atoms with E-state index >= 15 is 0 Å². The Balaban J connectivity index is 2.06. The summed E-state index contributed by atoms with van der Waals surface area (Å²) in [6.45, 7) is 3.56. The molecule has 0 fully saturated rings. The molecule has 0 spiro atoms. The number of amides is 1. The van der Waals surface area contributed by atoms with Gasteiger partial charge in [0.25, 0.3) is 5.91 Å². The lowest BCUT2D eigenvalue weighted by molar-refractivity contribution is -0.148. The highest BCUT2D eigenvalue weighted by Crippen LogP contribution is 2.19. The topological polar surface area (TPSA) is 88.4 Å². The molecular weight excluding hydrogens is 382 g/mol. The first-order valence-corrected chi connectivity index (χ1v) is 8.66. The van der Waals surface area contributed by atoms with Crippen LogP contribution in [0.4, 0.5) is 14.5 Å². The summed E-state index contributed by atoms with van der Waals surface area (Å²) in [7, 11) is 0. The van der Waals surface area contributed by atoms with Crippen LogP contribution in [0.1, 0.15) is 19.4 Å². The number of nitrogens with zero attached hydrogens (tertiary/aromatic N) is 1. The van der Waals surface area contributed by atoms with Gasteiger partial charge in [-0.3, -0.25) is 4.79 Å². The lowest BCUT2D eigenvalue weighted by Crippen LogP contribution is -2.31. The number of benzene rings is 2. The molecule has 0 heterocycles. The molecule has 0 saturated heterocycles. The molecule has 2 aromatic carbocycles. The van der Waals surface area contributed by atoms with Crippen molar-refractivity contribution >= 4 is 23.6 Å². The van der Waals surface area contributed by atoms with Crippen LogP contribution in [-0.2, 0) is 14.3 Å². The second kappa shape index (κ2) is 9.99. The van der Waals surface area contributed by atoms with Crippen molar-refractivity contribution in [3.63, 3.8) is 0 Å². The predicted octanol–water partition coefficient (Wildman–Crippen LogP) is 3.84. The summed E-state index contributed by atoms with van der Waals surface area (Å²) < 4.78 is 37.5. The molecule has 0 radical (unpaired) electrons. The fraction of sp³-hybridized carbons (Fsp3) is 0.190. The molecule has 1 N–H and O–H groups in total. The van der Waals surface area contributed by atoms with Gasteiger partial charge in [-0.25, -0.2) is 13.6 Å². The molecule has 29 heavy (non-hydrogen) atoms. The number of esters is 1. The fourth-order valence-electron chi connectivity index (χ4n) is 2.25. The zero-order valence-corrected chi connectivity index (χ0v) is 15.7. The number of hydrogen-bond donors (Lipinski definition) is 1. The van der Waals surface area contributed by atoms with Crippen LogP contribution in [0.15, 0.2) is 48.0 Å². The monoisotopic (exact) mass is 400 g/mol. The highest BCUT2D eigenvalue weighted by molar-refractivity contribution is 6.01. The third kappa shape index (κ3) is 5.87. The van der Waals surface area contributed by atoms with Crippen LogP contribution in [0, 0.1) is 23.0 Å². The van der Waals surface area contributed by atoms with Crippen LogP contribution >= 0.6 is 0 Å². The van der Waals surface area contributed by atoms with Gasteiger partial charge in [-0.15, -0.1) is 0 Å². The van der Waals surface area contributed by atoms with Crippen molar-refractivity contribution in [2.24, 2.45) is 0 Å². The Bertz CT molecular complexity index is 945. The number of nitriles is 1. The SMILES string of the molecule is CCOc1ccc(/C=C(\C#N)C(=O)O[C@H](C)C(=O)Nc2c(F)cccc2F)cc1. The van der Waals surface area contributed by atoms with Crippen molar-refractivity contribution in [2.45, 2.75) is 20.0 Å². The van der Waals surface area contributed by atoms with Gasteiger partial charge >= 0.3 is 5.97 Å². The van der Waals surface area contributed by atoms with Crippen molar-refractivity contribution < 1.29 is 27.8 Å². The number of carbonyl (C=O) groups excluding carboxylic acids is 2. The smallest absolute Gasteiger partial charge is 0.349 e. The Morgan fingerprint density at radius 1 is 1.17 bits per heavy atom. The van der Waals surface area contributed by atoms with E-state index in [2.05, 4.69) is 0 Å². The van der Waals surface area contributed by atoms with Crippen molar-refractivity contribution in [1.82, 2.24) is 0 Å². The highest BCUT2D eigenvalue weighted by Gasteiger charge is 2.22. The summed E-state index contributed by atoms with van der Waals surface area (Å²) in [5, 5.41) is 11.2. The fourth-order valence-corrected chi connectivity index (χ4v) is 2.25. The van der Waals surface area contributed by atoms with Gasteiger partial charge < -0.3 is 14.8 Å². The van der Waals surface area contributed by atoms with Gasteiger partial charge in [0.05, 0.1) is 6.61 Å². The third-order valence-electron chi connectivity index (χ3n) is 3.71. The molecule has 2 rings (SSSR count). The maximum atomic E-state index is 13.6. The van der Waals surface area contributed by atoms with Gasteiger partial charge in [0.1, 0.15) is 34.7 Å². The number of nitrogens with one attached hydrogen (secondary N) is 1. The molecule has 0 saturated carbocycles. The van der Waals surface area contributed by atoms with Crippen LogP contribution in [0.2, 0.25) is 0 Å². The van der Waals surface area contributed by atoms with Crippen LogP contribution in [0.3, 0.4) is 0 Å². The van der Waals surface area contributed by atoms with E-state index in [0.29, 0.717) is 17.9 Å². The summed E-state index contributed by atoms with van der Waals surface area (Å²) in [5.74, 6) is -3.29. The van der Waals surface area contributed by atoms with Crippen molar-refractivity contribution in [2.75, 3.05) is 11.9 Å². The summed E-state index contributed by atoms with van der Waals surface area (Å²) >= 11 is 0. The minimum absolute atomic E-state index is 0.342. The van der Waals surface area contributed by atoms with E-state index in [4.69, 9.17) is 9.47 Å². The molecule has 0 bridgehead atoms. The lowest BCUT2D eigenvalue weighted by atomic mass is 10.1. The van der Waals surface area contributed by atoms with Crippen LogP contribution in [-0.4, -0.2) is 24.6 Å². The highest BCUT2D eigenvalue weighted by atomic mass is 19.1. The van der Waals surface area contributed by atoms with E-state index < -0.39 is 35.3 Å². The van der Waals surface area contributed by atoms with E-state index in [9.17, 15) is 23.6 Å². The van der Waals surface area contributed by atoms with Crippen LogP contribution in [0.5, 0.6) is 5.75 Å². The van der Waals surface area contributed by atoms with Gasteiger partial charge in [-0.2, -0.15) is 5.26 Å². The molecule has 0 aliphatic heterocycles. The number of ether oxygens (including phenoxy) is 2. The normalized spacial score (nSPS) is 11.9. The number of halogens is 2. The zero-order chi connectivity index (χ0) is 21.4. The summed E-state index contributed by atoms with van der Waals surface area (Å²) in [4.78, 5) is 24.3. The van der Waals surface area contributed by atoms with E-state index in [1.165, 1.54) is 13.0 Å². The van der Waals surface area contributed by atoms with Gasteiger partial charge in [0.2, 0.25) is 0 Å². The van der Waals surface area contributed by atoms with Gasteiger partial charge in [-0.1, -0.05) is 18.2 Å². The summed E-state index contributed by atoms with van der Waals surface area (Å²) in [5.41, 5.74) is -0.441. The summed E-state index contributed by atoms with van der Waals surface area (Å²) in [6.07, 6.45) is -0.0993. The molecule has 1 atom stereocenters. The van der Waals surface area contributed by atoms with Gasteiger partial charge in [-0.05, 0) is 49.8 Å². The van der Waals surface area contributed by atoms with Crippen LogP contribution in [0.25, 0.3) is 6.08 Å². The predicted molar refractivity (Wildman–Crippen MR) is 102 cm³/mol. The number of para-hydroxylation sites is 1. The maximum absolute atomic E-state index is 13.6. The number of rotatable bonds is 7. The standard InChI is InChI=1S/C21H18F2N2O4/c1-3-28-16-9-7-14(8-10-16)11-15(12-24)21(27)29-13(2)20(26)25-19-17(22)5-4-6-18(19)23/h4-11,13H,3H2,1-2H3,(H,25,26)/b15-11+/t13-/m1/s1. The Kier molecular flexibility index (Phi) is 7.43. The van der Waals surface area contributed by atoms with E-state index in [0.717, 1.165) is 18.2 Å². The molecule has 8 heteroatoms. The van der Waals surface area contributed by atoms with E-state index in [1.807, 2.05) is 12.2 Å². The quantitative estimate of drug-likeness (QED) is 0.433. The molecular formula is C21H18F2N2O4. The lowest BCUT2D eigenvalue weighted by Gasteiger charge is -2.14. The minimum atomic E-state index is -1.39. The Morgan fingerprint density at radius 3 is 2.34 bits per heavy atom. The van der Waals surface area contributed by atoms with Gasteiger partial charge in [0.15, 0.2) is 6.10 Å². The maximum Gasteiger partial charge on any atom is 0.349 e. The van der Waals surface area contributed by atoms with Crippen molar-refractivity contribution in [3.8, 4) is 11.8 Å². The number of anilines is 1. The molecule has 2 aromatic rings. The molecule has 0 unspecified atom stereocenters. The Labute approximate surface area is 166 Å². The third-order valence-corrected chi connectivity index (χ3v) is 3.71. The van der Waals surface area contributed by atoms with Crippen LogP contribution < -0.4 is 10.1 Å². The first kappa shape index (κ1) is 21.6. The number of carbonyl (C=O) groups is 2. The van der Waals surface area contributed by atoms with Gasteiger partial charge in [0, 0.05) is 0 Å². The molecule has 150 valence electrons. The molecule has 0 aliphatic carbocycles. The zero-order valence-electron chi connectivity index (χ0n) is 15.7.